The Bertz CT molecular complexity index is 161. The van der Waals surface area contributed by atoms with Crippen LogP contribution in [0.2, 0.25) is 0 Å². The molecule has 1 heteroatoms. The Kier molecular flexibility index (Phi) is 8.61. The van der Waals surface area contributed by atoms with Crippen LogP contribution in [0.1, 0.15) is 58.8 Å². The first-order valence-corrected chi connectivity index (χ1v) is 5.79. The summed E-state index contributed by atoms with van der Waals surface area (Å²) < 4.78 is 0. The molecule has 0 aromatic heterocycles. The second kappa shape index (κ2) is 8.98. The summed E-state index contributed by atoms with van der Waals surface area (Å²) in [4.78, 5) is 10.9. The largest absolute Gasteiger partial charge is 0.300 e. The smallest absolute Gasteiger partial charge is 0.132 e. The fourth-order valence-corrected chi connectivity index (χ4v) is 1.47. The summed E-state index contributed by atoms with van der Waals surface area (Å²) in [5.41, 5.74) is 0. The molecule has 0 aromatic rings. The van der Waals surface area contributed by atoms with Crippen LogP contribution in [0, 0.1) is 5.92 Å². The normalized spacial score (nSPS) is 12.4. The van der Waals surface area contributed by atoms with Crippen molar-refractivity contribution < 1.29 is 4.79 Å². The molecule has 1 unspecified atom stereocenters. The zero-order chi connectivity index (χ0) is 10.8. The molecule has 0 heterocycles. The molecule has 0 saturated heterocycles. The zero-order valence-electron chi connectivity index (χ0n) is 9.72. The van der Waals surface area contributed by atoms with Gasteiger partial charge in [-0.2, -0.15) is 0 Å². The number of ketones is 1. The van der Waals surface area contributed by atoms with Gasteiger partial charge in [0.15, 0.2) is 0 Å². The van der Waals surface area contributed by atoms with E-state index in [1.54, 1.807) is 6.92 Å². The fourth-order valence-electron chi connectivity index (χ4n) is 1.47. The van der Waals surface area contributed by atoms with Crippen molar-refractivity contribution in [3.05, 3.63) is 12.7 Å². The highest BCUT2D eigenvalue weighted by Crippen LogP contribution is 2.12. The highest BCUT2D eigenvalue weighted by Gasteiger charge is 2.05. The van der Waals surface area contributed by atoms with Crippen LogP contribution in [0.25, 0.3) is 0 Å². The third kappa shape index (κ3) is 8.03. The van der Waals surface area contributed by atoms with Crippen molar-refractivity contribution in [3.8, 4) is 0 Å². The molecule has 0 aliphatic rings. The van der Waals surface area contributed by atoms with Crippen molar-refractivity contribution >= 4 is 5.78 Å². The zero-order valence-corrected chi connectivity index (χ0v) is 9.72. The van der Waals surface area contributed by atoms with Gasteiger partial charge in [0.05, 0.1) is 0 Å². The Hall–Kier alpha value is -0.590. The average molecular weight is 196 g/mol. The second-order valence-corrected chi connectivity index (χ2v) is 4.15. The standard InChI is InChI=1S/C13H24O/c1-4-5-6-7-8-9-10-11-12(2)13(3)14/h4,12H,1,5-11H2,2-3H3. The molecule has 0 bridgehead atoms. The molecule has 82 valence electrons. The second-order valence-electron chi connectivity index (χ2n) is 4.15. The molecular formula is C13H24O. The maximum absolute atomic E-state index is 10.9. The first kappa shape index (κ1) is 13.4. The molecule has 0 amide bonds. The highest BCUT2D eigenvalue weighted by atomic mass is 16.1. The number of rotatable bonds is 9. The van der Waals surface area contributed by atoms with Crippen molar-refractivity contribution in [3.63, 3.8) is 0 Å². The van der Waals surface area contributed by atoms with E-state index in [1.165, 1.54) is 32.1 Å². The molecule has 0 rings (SSSR count). The number of hydrogen-bond acceptors (Lipinski definition) is 1. The topological polar surface area (TPSA) is 17.1 Å². The van der Waals surface area contributed by atoms with Crippen LogP contribution in [0.4, 0.5) is 0 Å². The minimum absolute atomic E-state index is 0.267. The Morgan fingerprint density at radius 2 is 1.79 bits per heavy atom. The Balaban J connectivity index is 3.13. The molecule has 0 fully saturated rings. The lowest BCUT2D eigenvalue weighted by molar-refractivity contribution is -0.120. The van der Waals surface area contributed by atoms with Gasteiger partial charge in [0.1, 0.15) is 5.78 Å². The Morgan fingerprint density at radius 3 is 2.36 bits per heavy atom. The number of carbonyl (C=O) groups is 1. The van der Waals surface area contributed by atoms with E-state index in [1.807, 2.05) is 13.0 Å². The number of carbonyl (C=O) groups excluding carboxylic acids is 1. The Morgan fingerprint density at radius 1 is 1.21 bits per heavy atom. The van der Waals surface area contributed by atoms with Crippen molar-refractivity contribution in [1.29, 1.82) is 0 Å². The lowest BCUT2D eigenvalue weighted by Crippen LogP contribution is -2.05. The predicted octanol–water partition coefficient (Wildman–Crippen LogP) is 4.13. The summed E-state index contributed by atoms with van der Waals surface area (Å²) in [5.74, 6) is 0.597. The van der Waals surface area contributed by atoms with Gasteiger partial charge in [-0.3, -0.25) is 4.79 Å². The van der Waals surface area contributed by atoms with Crippen LogP contribution in [-0.4, -0.2) is 5.78 Å². The molecule has 0 spiro atoms. The molecule has 0 radical (unpaired) electrons. The molecule has 0 aliphatic heterocycles. The van der Waals surface area contributed by atoms with Crippen LogP contribution in [0.15, 0.2) is 12.7 Å². The molecule has 0 aromatic carbocycles. The van der Waals surface area contributed by atoms with Crippen molar-refractivity contribution in [2.24, 2.45) is 5.92 Å². The first-order chi connectivity index (χ1) is 6.68. The molecule has 0 aliphatic carbocycles. The summed E-state index contributed by atoms with van der Waals surface area (Å²) in [7, 11) is 0. The average Bonchev–Trinajstić information content (AvgIpc) is 2.16. The lowest BCUT2D eigenvalue weighted by Gasteiger charge is -2.06. The third-order valence-corrected chi connectivity index (χ3v) is 2.74. The summed E-state index contributed by atoms with van der Waals surface area (Å²) in [5, 5.41) is 0. The van der Waals surface area contributed by atoms with Gasteiger partial charge in [0.2, 0.25) is 0 Å². The van der Waals surface area contributed by atoms with Crippen molar-refractivity contribution in [2.75, 3.05) is 0 Å². The summed E-state index contributed by atoms with van der Waals surface area (Å²) >= 11 is 0. The third-order valence-electron chi connectivity index (χ3n) is 2.74. The predicted molar refractivity (Wildman–Crippen MR) is 62.4 cm³/mol. The van der Waals surface area contributed by atoms with E-state index in [0.717, 1.165) is 12.8 Å². The number of allylic oxidation sites excluding steroid dienone is 1. The fraction of sp³-hybridized carbons (Fsp3) is 0.769. The van der Waals surface area contributed by atoms with E-state index in [4.69, 9.17) is 0 Å². The monoisotopic (exact) mass is 196 g/mol. The van der Waals surface area contributed by atoms with E-state index in [2.05, 4.69) is 6.58 Å². The van der Waals surface area contributed by atoms with Crippen LogP contribution >= 0.6 is 0 Å². The van der Waals surface area contributed by atoms with E-state index in [-0.39, 0.29) is 5.92 Å². The van der Waals surface area contributed by atoms with Gasteiger partial charge in [0.25, 0.3) is 0 Å². The van der Waals surface area contributed by atoms with Gasteiger partial charge < -0.3 is 0 Å². The minimum atomic E-state index is 0.267. The van der Waals surface area contributed by atoms with E-state index in [0.29, 0.717) is 5.78 Å². The SMILES string of the molecule is C=CCCCCCCCC(C)C(C)=O. The number of unbranched alkanes of at least 4 members (excludes halogenated alkanes) is 5. The Labute approximate surface area is 88.6 Å². The molecule has 0 saturated carbocycles. The van der Waals surface area contributed by atoms with E-state index >= 15 is 0 Å². The maximum atomic E-state index is 10.9. The van der Waals surface area contributed by atoms with E-state index < -0.39 is 0 Å². The maximum Gasteiger partial charge on any atom is 0.132 e. The lowest BCUT2D eigenvalue weighted by atomic mass is 9.99. The van der Waals surface area contributed by atoms with Crippen LogP contribution in [0.5, 0.6) is 0 Å². The van der Waals surface area contributed by atoms with Gasteiger partial charge in [-0.1, -0.05) is 38.7 Å². The van der Waals surface area contributed by atoms with Crippen molar-refractivity contribution in [2.45, 2.75) is 58.8 Å². The summed E-state index contributed by atoms with van der Waals surface area (Å²) in [6, 6.07) is 0. The number of Topliss-reactive ketones (excluding diaryl/α,β-unsaturated/α-hetero) is 1. The number of hydrogen-bond donors (Lipinski definition) is 0. The molecule has 1 nitrogen and oxygen atoms in total. The molecule has 0 N–H and O–H groups in total. The molecular weight excluding hydrogens is 172 g/mol. The van der Waals surface area contributed by atoms with Crippen LogP contribution in [-0.2, 0) is 4.79 Å². The minimum Gasteiger partial charge on any atom is -0.300 e. The van der Waals surface area contributed by atoms with Gasteiger partial charge in [-0.15, -0.1) is 6.58 Å². The van der Waals surface area contributed by atoms with E-state index in [9.17, 15) is 4.79 Å². The van der Waals surface area contributed by atoms with Gasteiger partial charge >= 0.3 is 0 Å². The molecule has 1 atom stereocenters. The van der Waals surface area contributed by atoms with Gasteiger partial charge in [-0.05, 0) is 26.2 Å². The van der Waals surface area contributed by atoms with Gasteiger partial charge in [0, 0.05) is 5.92 Å². The quantitative estimate of drug-likeness (QED) is 0.400. The van der Waals surface area contributed by atoms with Gasteiger partial charge in [-0.25, -0.2) is 0 Å². The first-order valence-electron chi connectivity index (χ1n) is 5.79. The summed E-state index contributed by atoms with van der Waals surface area (Å²) in [6.45, 7) is 7.42. The van der Waals surface area contributed by atoms with Crippen molar-refractivity contribution in [1.82, 2.24) is 0 Å². The summed E-state index contributed by atoms with van der Waals surface area (Å²) in [6.07, 6.45) is 10.5. The van der Waals surface area contributed by atoms with Crippen LogP contribution in [0.3, 0.4) is 0 Å². The van der Waals surface area contributed by atoms with Crippen LogP contribution < -0.4 is 0 Å². The highest BCUT2D eigenvalue weighted by molar-refractivity contribution is 5.77. The molecule has 14 heavy (non-hydrogen) atoms.